The standard InChI is InChI=1S/C60H148O20Si13/c1-53(2,73-81(29,30)45-49-89(61-17,62-18)63-19)85(37,38)77-57(9,10)93(58(11,12)78-86(39,40)54(3,4)74-82(31,32)46-50-90(64-20,65-21)66-22,59(13,14)79-87(41,42)55(5,6)75-83(33,34)47-51-91(67-23,68-24)69-25)60(15,16)80-88(43,44)56(7,8)76-84(35,36)48-52-92(70-26,71-27)72-28/h45-52H2,1-44H3. The van der Waals surface area contributed by atoms with E-state index in [4.69, 9.17) is 88.5 Å². The molecule has 0 N–H and O–H groups in total. The third kappa shape index (κ3) is 23.0. The zero-order chi connectivity index (χ0) is 74.3. The largest absolute Gasteiger partial charge is 0.499 e. The second-order valence-electron chi connectivity index (χ2n) is 33.9. The molecule has 20 nitrogen and oxygen atoms in total. The normalized spacial score (nSPS) is 15.9. The number of hydrogen-bond donors (Lipinski definition) is 0. The van der Waals surface area contributed by atoms with E-state index in [1.54, 1.807) is 85.3 Å². The zero-order valence-corrected chi connectivity index (χ0v) is 81.3. The summed E-state index contributed by atoms with van der Waals surface area (Å²) < 4.78 is 136. The first-order valence-corrected chi connectivity index (χ1v) is 67.3. The van der Waals surface area contributed by atoms with Gasteiger partial charge in [-0.05, 0) is 240 Å². The molecule has 0 amide bonds. The topological polar surface area (TPSA) is 185 Å². The molecule has 0 aliphatic rings. The summed E-state index contributed by atoms with van der Waals surface area (Å²) in [6.45, 7) is 73.1. The average Bonchev–Trinajstić information content (AvgIpc) is 0.674. The van der Waals surface area contributed by atoms with E-state index in [-0.39, 0.29) is 0 Å². The van der Waals surface area contributed by atoms with Crippen molar-refractivity contribution < 1.29 is 88.5 Å². The maximum Gasteiger partial charge on any atom is 0.499 e. The van der Waals surface area contributed by atoms with Gasteiger partial charge in [0.05, 0.1) is 41.8 Å². The van der Waals surface area contributed by atoms with Crippen LogP contribution in [-0.2, 0) is 88.5 Å². The average molecular weight is 1550 g/mol. The van der Waals surface area contributed by atoms with Crippen molar-refractivity contribution in [3.05, 3.63) is 0 Å². The Labute approximate surface area is 585 Å². The van der Waals surface area contributed by atoms with Crippen molar-refractivity contribution in [1.29, 1.82) is 0 Å². The highest BCUT2D eigenvalue weighted by molar-refractivity contribution is 6.93. The van der Waals surface area contributed by atoms with Gasteiger partial charge in [-0.15, -0.1) is 0 Å². The third-order valence-electron chi connectivity index (χ3n) is 21.4. The first-order chi connectivity index (χ1) is 41.2. The lowest BCUT2D eigenvalue weighted by atomic mass is 10.4. The Hall–Kier alpha value is 2.02. The minimum Gasteiger partial charge on any atom is -0.412 e. The molecule has 0 aromatic heterocycles. The van der Waals surface area contributed by atoms with Gasteiger partial charge in [0.25, 0.3) is 0 Å². The summed E-state index contributed by atoms with van der Waals surface area (Å²) in [6, 6.07) is 5.53. The SMILES string of the molecule is CO[Si](CC[Si](C)(C)OC(C)(C)[Si](C)(C)OC(C)(C)[Si](C(C)(C)O[Si](C)(C)C(C)(C)O[Si](C)(C)CC[Si](OC)(OC)OC)(C(C)(C)O[Si](C)(C)C(C)(C)O[Si](C)(C)CC[Si](OC)(OC)OC)C(C)(C)O[Si](C)(C)C(C)(C)O[Si](C)(C)CC[Si](OC)(OC)OC)(OC)OC. The van der Waals surface area contributed by atoms with Gasteiger partial charge in [-0.1, -0.05) is 0 Å². The van der Waals surface area contributed by atoms with Gasteiger partial charge < -0.3 is 88.5 Å². The van der Waals surface area contributed by atoms with Gasteiger partial charge in [-0.25, -0.2) is 0 Å². The van der Waals surface area contributed by atoms with Crippen LogP contribution in [0.4, 0.5) is 0 Å². The van der Waals surface area contributed by atoms with Gasteiger partial charge in [-0.3, -0.25) is 0 Å². The van der Waals surface area contributed by atoms with Gasteiger partial charge in [-0.2, -0.15) is 0 Å². The predicted molar refractivity (Wildman–Crippen MR) is 413 cm³/mol. The summed E-state index contributed by atoms with van der Waals surface area (Å²) in [5, 5.41) is -7.05. The Morgan fingerprint density at radius 3 is 0.398 bits per heavy atom. The zero-order valence-electron chi connectivity index (χ0n) is 68.3. The first kappa shape index (κ1) is 95.0. The molecule has 0 aliphatic carbocycles. The molecule has 0 heterocycles. The Balaban J connectivity index is 9.57. The van der Waals surface area contributed by atoms with Crippen LogP contribution >= 0.6 is 0 Å². The molecular weight excluding hydrogens is 1410 g/mol. The summed E-state index contributed by atoms with van der Waals surface area (Å²) in [6.07, 6.45) is 0. The fourth-order valence-corrected chi connectivity index (χ4v) is 67.7. The molecule has 560 valence electrons. The van der Waals surface area contributed by atoms with Crippen LogP contribution in [0.2, 0.25) is 153 Å². The highest BCUT2D eigenvalue weighted by Gasteiger charge is 2.78. The maximum absolute atomic E-state index is 8.47. The van der Waals surface area contributed by atoms with E-state index in [2.05, 4.69) is 216 Å². The second kappa shape index (κ2) is 33.4. The van der Waals surface area contributed by atoms with Crippen LogP contribution < -0.4 is 0 Å². The molecule has 0 bridgehead atoms. The van der Waals surface area contributed by atoms with E-state index in [0.717, 1.165) is 24.2 Å². The molecule has 0 aliphatic heterocycles. The minimum absolute atomic E-state index is 0.624. The van der Waals surface area contributed by atoms with Crippen molar-refractivity contribution in [2.75, 3.05) is 85.3 Å². The summed E-state index contributed by atoms with van der Waals surface area (Å²) in [5.74, 6) is 0. The van der Waals surface area contributed by atoms with Gasteiger partial charge >= 0.3 is 35.2 Å². The van der Waals surface area contributed by atoms with Crippen molar-refractivity contribution in [2.45, 2.75) is 306 Å². The molecule has 0 spiro atoms. The van der Waals surface area contributed by atoms with Crippen molar-refractivity contribution in [2.24, 2.45) is 0 Å². The van der Waals surface area contributed by atoms with Gasteiger partial charge in [0.15, 0.2) is 41.3 Å². The van der Waals surface area contributed by atoms with Gasteiger partial charge in [0.1, 0.15) is 0 Å². The number of rotatable bonds is 48. The van der Waals surface area contributed by atoms with Crippen LogP contribution in [0.5, 0.6) is 0 Å². The molecular formula is C60H148O20Si13. The predicted octanol–water partition coefficient (Wildman–Crippen LogP) is 15.3. The molecule has 93 heavy (non-hydrogen) atoms. The Kier molecular flexibility index (Phi) is 34.1. The fourth-order valence-electron chi connectivity index (χ4n) is 15.2. The second-order valence-corrected chi connectivity index (χ2v) is 87.2. The number of hydrogen-bond acceptors (Lipinski definition) is 20. The van der Waals surface area contributed by atoms with Crippen LogP contribution in [0, 0.1) is 0 Å². The van der Waals surface area contributed by atoms with E-state index >= 15 is 0 Å². The molecule has 0 rings (SSSR count). The lowest BCUT2D eigenvalue weighted by Crippen LogP contribution is -2.92. The Morgan fingerprint density at radius 2 is 0.290 bits per heavy atom. The molecule has 0 aromatic carbocycles. The quantitative estimate of drug-likeness (QED) is 0.0523. The van der Waals surface area contributed by atoms with Crippen LogP contribution in [0.1, 0.15) is 111 Å². The van der Waals surface area contributed by atoms with Crippen molar-refractivity contribution in [1.82, 2.24) is 0 Å². The van der Waals surface area contributed by atoms with E-state index in [1.165, 1.54) is 0 Å². The van der Waals surface area contributed by atoms with E-state index in [1.807, 2.05) is 0 Å². The van der Waals surface area contributed by atoms with Crippen LogP contribution in [0.15, 0.2) is 0 Å². The third-order valence-corrected chi connectivity index (χ3v) is 69.8. The summed E-state index contributed by atoms with van der Waals surface area (Å²) in [5.41, 5.74) is 0. The minimum atomic E-state index is -4.02. The van der Waals surface area contributed by atoms with E-state index in [9.17, 15) is 0 Å². The van der Waals surface area contributed by atoms with Gasteiger partial charge in [0.2, 0.25) is 33.3 Å². The molecule has 0 saturated carbocycles. The monoisotopic (exact) mass is 1550 g/mol. The van der Waals surface area contributed by atoms with Crippen LogP contribution in [0.3, 0.4) is 0 Å². The molecule has 0 radical (unpaired) electrons. The lowest BCUT2D eigenvalue weighted by Gasteiger charge is -2.70. The molecule has 0 unspecified atom stereocenters. The Bertz CT molecular complexity index is 1920. The fraction of sp³-hybridized carbons (Fsp3) is 1.00. The molecule has 0 fully saturated rings. The van der Waals surface area contributed by atoms with Crippen LogP contribution in [-0.4, -0.2) is 237 Å². The van der Waals surface area contributed by atoms with E-state index in [0.29, 0.717) is 24.2 Å². The molecule has 33 heteroatoms. The first-order valence-electron chi connectivity index (χ1n) is 33.4. The lowest BCUT2D eigenvalue weighted by molar-refractivity contribution is 0.00500. The molecule has 0 aromatic rings. The Morgan fingerprint density at radius 1 is 0.172 bits per heavy atom. The summed E-state index contributed by atoms with van der Waals surface area (Å²) >= 11 is 0. The van der Waals surface area contributed by atoms with Crippen molar-refractivity contribution >= 4 is 110 Å². The highest BCUT2D eigenvalue weighted by atomic mass is 28.4. The summed E-state index contributed by atoms with van der Waals surface area (Å²) in [7, 11) is -18.2. The van der Waals surface area contributed by atoms with E-state index < -0.39 is 152 Å². The maximum atomic E-state index is 8.47. The van der Waals surface area contributed by atoms with Crippen LogP contribution in [0.25, 0.3) is 0 Å². The van der Waals surface area contributed by atoms with Crippen molar-refractivity contribution in [3.8, 4) is 0 Å². The summed E-state index contributed by atoms with van der Waals surface area (Å²) in [4.78, 5) is 0. The van der Waals surface area contributed by atoms with Gasteiger partial charge in [0, 0.05) is 109 Å². The molecule has 0 atom stereocenters. The van der Waals surface area contributed by atoms with Crippen molar-refractivity contribution in [3.63, 3.8) is 0 Å². The molecule has 0 saturated heterocycles. The smallest absolute Gasteiger partial charge is 0.412 e. The highest BCUT2D eigenvalue weighted by Crippen LogP contribution is 2.57.